The van der Waals surface area contributed by atoms with E-state index in [0.717, 1.165) is 29.2 Å². The first-order chi connectivity index (χ1) is 14.8. The molecule has 0 spiro atoms. The third-order valence-electron chi connectivity index (χ3n) is 4.34. The summed E-state index contributed by atoms with van der Waals surface area (Å²) in [5.74, 6) is -2.74. The molecule has 0 aliphatic heterocycles. The first kappa shape index (κ1) is 28.2. The van der Waals surface area contributed by atoms with E-state index in [1.165, 1.54) is 20.9 Å². The Morgan fingerprint density at radius 2 is 1.52 bits per heavy atom. The smallest absolute Gasteiger partial charge is 0.416 e. The number of alkyl halides is 4. The van der Waals surface area contributed by atoms with Crippen molar-refractivity contribution in [1.29, 1.82) is 0 Å². The molecule has 0 aliphatic rings. The third kappa shape index (κ3) is 9.67. The van der Waals surface area contributed by atoms with Crippen LogP contribution in [0.2, 0.25) is 0 Å². The fourth-order valence-corrected chi connectivity index (χ4v) is 2.74. The first-order valence-electron chi connectivity index (χ1n) is 10.0. The van der Waals surface area contributed by atoms with Crippen molar-refractivity contribution >= 4 is 18.0 Å². The van der Waals surface area contributed by atoms with Gasteiger partial charge in [-0.3, -0.25) is 4.90 Å². The second kappa shape index (κ2) is 10.4. The van der Waals surface area contributed by atoms with Gasteiger partial charge in [0, 0.05) is 19.9 Å². The molecule has 0 fully saturated rings. The maximum atomic E-state index is 14.3. The number of carboxylic acids is 1. The number of ether oxygens (including phenoxy) is 2. The van der Waals surface area contributed by atoms with Crippen molar-refractivity contribution in [2.75, 3.05) is 7.05 Å². The Morgan fingerprint density at radius 1 is 1.00 bits per heavy atom. The number of carbonyl (C=O) groups excluding carboxylic acids is 2. The number of amides is 1. The molecule has 0 saturated carbocycles. The van der Waals surface area contributed by atoms with Crippen LogP contribution in [-0.4, -0.2) is 58.5 Å². The van der Waals surface area contributed by atoms with Gasteiger partial charge in [0.05, 0.1) is 5.56 Å². The van der Waals surface area contributed by atoms with Crippen LogP contribution in [0.3, 0.4) is 0 Å². The maximum absolute atomic E-state index is 14.3. The SMILES string of the molecule is CN(C(=O)OC(C)(C)C)[C@@H](CC(C)(C)F)C(=O)O[C@H](Cc1ccc(C(F)(F)F)cc1)C(=O)O. The zero-order valence-corrected chi connectivity index (χ0v) is 19.3. The Kier molecular flexibility index (Phi) is 8.87. The monoisotopic (exact) mass is 479 g/mol. The normalized spacial score (nSPS) is 14.2. The molecule has 1 aromatic carbocycles. The molecule has 1 aromatic rings. The summed E-state index contributed by atoms with van der Waals surface area (Å²) in [4.78, 5) is 37.6. The number of nitrogens with zero attached hydrogens (tertiary/aromatic N) is 1. The van der Waals surface area contributed by atoms with Gasteiger partial charge < -0.3 is 14.6 Å². The lowest BCUT2D eigenvalue weighted by Gasteiger charge is -2.32. The summed E-state index contributed by atoms with van der Waals surface area (Å²) >= 11 is 0. The van der Waals surface area contributed by atoms with E-state index in [4.69, 9.17) is 9.47 Å². The number of carbonyl (C=O) groups is 3. The van der Waals surface area contributed by atoms with Crippen LogP contribution in [0.15, 0.2) is 24.3 Å². The lowest BCUT2D eigenvalue weighted by atomic mass is 10.00. The summed E-state index contributed by atoms with van der Waals surface area (Å²) in [5.41, 5.74) is -3.58. The molecule has 7 nitrogen and oxygen atoms in total. The molecule has 0 heterocycles. The Morgan fingerprint density at radius 3 is 1.91 bits per heavy atom. The number of carboxylic acid groups (broad SMARTS) is 1. The number of hydrogen-bond acceptors (Lipinski definition) is 5. The number of rotatable bonds is 8. The van der Waals surface area contributed by atoms with E-state index in [1.54, 1.807) is 20.8 Å². The summed E-state index contributed by atoms with van der Waals surface area (Å²) < 4.78 is 62.7. The molecular weight excluding hydrogens is 450 g/mol. The van der Waals surface area contributed by atoms with Gasteiger partial charge in [0.2, 0.25) is 6.10 Å². The van der Waals surface area contributed by atoms with Gasteiger partial charge in [0.25, 0.3) is 0 Å². The lowest BCUT2D eigenvalue weighted by molar-refractivity contribution is -0.168. The van der Waals surface area contributed by atoms with Gasteiger partial charge >= 0.3 is 24.2 Å². The number of esters is 1. The molecule has 0 aliphatic carbocycles. The summed E-state index contributed by atoms with van der Waals surface area (Å²) in [6.45, 7) is 7.13. The first-order valence-corrected chi connectivity index (χ1v) is 10.0. The van der Waals surface area contributed by atoms with Crippen LogP contribution in [0.4, 0.5) is 22.4 Å². The molecule has 0 unspecified atom stereocenters. The quantitative estimate of drug-likeness (QED) is 0.432. The molecule has 1 rings (SSSR count). The highest BCUT2D eigenvalue weighted by Crippen LogP contribution is 2.29. The fourth-order valence-electron chi connectivity index (χ4n) is 2.74. The van der Waals surface area contributed by atoms with Gasteiger partial charge in [0.15, 0.2) is 0 Å². The summed E-state index contributed by atoms with van der Waals surface area (Å²) in [5, 5.41) is 9.45. The topological polar surface area (TPSA) is 93.1 Å². The molecule has 0 radical (unpaired) electrons. The van der Waals surface area contributed by atoms with Gasteiger partial charge in [-0.2, -0.15) is 13.2 Å². The van der Waals surface area contributed by atoms with Crippen LogP contribution in [-0.2, 0) is 31.7 Å². The van der Waals surface area contributed by atoms with E-state index in [9.17, 15) is 37.1 Å². The van der Waals surface area contributed by atoms with Crippen molar-refractivity contribution in [2.45, 2.75) is 77.1 Å². The Bertz CT molecular complexity index is 840. The average molecular weight is 479 g/mol. The summed E-state index contributed by atoms with van der Waals surface area (Å²) in [6.07, 6.45) is -8.21. The van der Waals surface area contributed by atoms with Gasteiger partial charge in [0.1, 0.15) is 17.3 Å². The van der Waals surface area contributed by atoms with Crippen molar-refractivity contribution in [3.8, 4) is 0 Å². The molecule has 1 amide bonds. The molecule has 186 valence electrons. The minimum absolute atomic E-state index is 0.172. The van der Waals surface area contributed by atoms with Gasteiger partial charge in [-0.05, 0) is 52.3 Å². The van der Waals surface area contributed by atoms with E-state index < -0.39 is 66.0 Å². The zero-order chi connectivity index (χ0) is 25.8. The van der Waals surface area contributed by atoms with Crippen LogP contribution >= 0.6 is 0 Å². The van der Waals surface area contributed by atoms with Crippen molar-refractivity contribution in [1.82, 2.24) is 4.90 Å². The van der Waals surface area contributed by atoms with E-state index >= 15 is 0 Å². The molecular formula is C22H29F4NO6. The van der Waals surface area contributed by atoms with E-state index in [-0.39, 0.29) is 5.56 Å². The Hall–Kier alpha value is -2.85. The molecule has 11 heteroatoms. The minimum atomic E-state index is -4.56. The molecule has 33 heavy (non-hydrogen) atoms. The van der Waals surface area contributed by atoms with Crippen molar-refractivity contribution < 1.29 is 46.5 Å². The van der Waals surface area contributed by atoms with Crippen LogP contribution in [0.5, 0.6) is 0 Å². The van der Waals surface area contributed by atoms with Gasteiger partial charge in [-0.15, -0.1) is 0 Å². The number of aliphatic carboxylic acids is 1. The molecule has 2 atom stereocenters. The van der Waals surface area contributed by atoms with Crippen LogP contribution in [0.25, 0.3) is 0 Å². The number of likely N-dealkylation sites (N-methyl/N-ethyl adjacent to an activating group) is 1. The minimum Gasteiger partial charge on any atom is -0.478 e. The lowest BCUT2D eigenvalue weighted by Crippen LogP contribution is -2.49. The predicted octanol–water partition coefficient (Wildman–Crippen LogP) is 4.62. The van der Waals surface area contributed by atoms with E-state index in [1.807, 2.05) is 0 Å². The highest BCUT2D eigenvalue weighted by Gasteiger charge is 2.38. The standard InChI is InChI=1S/C22H29F4NO6/c1-20(2,3)33-19(31)27(6)15(12-21(4,5)23)18(30)32-16(17(28)29)11-13-7-9-14(10-8-13)22(24,25)26/h7-10,15-16H,11-12H2,1-6H3,(H,28,29)/t15-,16+/m0/s1. The average Bonchev–Trinajstić information content (AvgIpc) is 2.62. The second-order valence-corrected chi connectivity index (χ2v) is 9.19. The Balaban J connectivity index is 3.07. The van der Waals surface area contributed by atoms with Crippen molar-refractivity contribution in [3.05, 3.63) is 35.4 Å². The predicted molar refractivity (Wildman–Crippen MR) is 110 cm³/mol. The largest absolute Gasteiger partial charge is 0.478 e. The van der Waals surface area contributed by atoms with Crippen molar-refractivity contribution in [3.63, 3.8) is 0 Å². The van der Waals surface area contributed by atoms with Gasteiger partial charge in [-0.25, -0.2) is 18.8 Å². The Labute approximate surface area is 189 Å². The molecule has 0 aromatic heterocycles. The maximum Gasteiger partial charge on any atom is 0.416 e. The highest BCUT2D eigenvalue weighted by atomic mass is 19.4. The molecule has 0 saturated heterocycles. The van der Waals surface area contributed by atoms with Crippen LogP contribution < -0.4 is 0 Å². The second-order valence-electron chi connectivity index (χ2n) is 9.19. The summed E-state index contributed by atoms with van der Waals surface area (Å²) in [6, 6.07) is 2.19. The van der Waals surface area contributed by atoms with Gasteiger partial charge in [-0.1, -0.05) is 12.1 Å². The highest BCUT2D eigenvalue weighted by molar-refractivity contribution is 5.84. The van der Waals surface area contributed by atoms with Crippen LogP contribution in [0, 0.1) is 0 Å². The number of hydrogen-bond donors (Lipinski definition) is 1. The fraction of sp³-hybridized carbons (Fsp3) is 0.591. The summed E-state index contributed by atoms with van der Waals surface area (Å²) in [7, 11) is 1.19. The number of benzene rings is 1. The van der Waals surface area contributed by atoms with E-state index in [2.05, 4.69) is 0 Å². The van der Waals surface area contributed by atoms with Crippen LogP contribution in [0.1, 0.15) is 52.2 Å². The molecule has 0 bridgehead atoms. The van der Waals surface area contributed by atoms with Crippen molar-refractivity contribution in [2.24, 2.45) is 0 Å². The van der Waals surface area contributed by atoms with E-state index in [0.29, 0.717) is 0 Å². The third-order valence-corrected chi connectivity index (χ3v) is 4.34. The number of halogens is 4. The zero-order valence-electron chi connectivity index (χ0n) is 19.3. The molecule has 1 N–H and O–H groups in total.